The Morgan fingerprint density at radius 2 is 1.79 bits per heavy atom. The molecular formula is C13H18N2O3S. The van der Waals surface area contributed by atoms with Crippen molar-refractivity contribution in [2.75, 3.05) is 23.4 Å². The summed E-state index contributed by atoms with van der Waals surface area (Å²) >= 11 is 0. The third-order valence-electron chi connectivity index (χ3n) is 3.16. The predicted octanol–water partition coefficient (Wildman–Crippen LogP) is 0.792. The number of carbonyl (C=O) groups excluding carboxylic acids is 1. The second-order valence-electron chi connectivity index (χ2n) is 4.72. The quantitative estimate of drug-likeness (QED) is 0.856. The number of rotatable bonds is 4. The predicted molar refractivity (Wildman–Crippen MR) is 74.8 cm³/mol. The van der Waals surface area contributed by atoms with Crippen molar-refractivity contribution in [2.45, 2.75) is 18.9 Å². The van der Waals surface area contributed by atoms with Crippen molar-refractivity contribution in [3.05, 3.63) is 30.3 Å². The molecule has 0 bridgehead atoms. The van der Waals surface area contributed by atoms with Crippen LogP contribution in [0.5, 0.6) is 0 Å². The first-order valence-corrected chi connectivity index (χ1v) is 8.16. The Balaban J connectivity index is 1.73. The molecule has 19 heavy (non-hydrogen) atoms. The van der Waals surface area contributed by atoms with Crippen LogP contribution in [0.25, 0.3) is 0 Å². The summed E-state index contributed by atoms with van der Waals surface area (Å²) in [5.41, 5.74) is 0.764. The van der Waals surface area contributed by atoms with Crippen LogP contribution in [-0.2, 0) is 14.6 Å². The highest BCUT2D eigenvalue weighted by atomic mass is 32.2. The van der Waals surface area contributed by atoms with Crippen LogP contribution in [0, 0.1) is 0 Å². The van der Waals surface area contributed by atoms with Crippen LogP contribution in [0.3, 0.4) is 0 Å². The molecule has 0 atom stereocenters. The third kappa shape index (κ3) is 4.65. The van der Waals surface area contributed by atoms with Crippen LogP contribution < -0.4 is 10.6 Å². The fraction of sp³-hybridized carbons (Fsp3) is 0.462. The second-order valence-corrected chi connectivity index (χ2v) is 7.02. The zero-order chi connectivity index (χ0) is 13.7. The van der Waals surface area contributed by atoms with E-state index in [1.807, 2.05) is 30.3 Å². The fourth-order valence-electron chi connectivity index (χ4n) is 2.06. The number of hydrogen-bond acceptors (Lipinski definition) is 4. The molecule has 1 aromatic carbocycles. The molecule has 1 aliphatic rings. The van der Waals surface area contributed by atoms with Crippen LogP contribution in [0.2, 0.25) is 0 Å². The minimum atomic E-state index is -2.84. The molecule has 1 fully saturated rings. The van der Waals surface area contributed by atoms with Gasteiger partial charge in [-0.15, -0.1) is 0 Å². The van der Waals surface area contributed by atoms with E-state index in [9.17, 15) is 13.2 Å². The standard InChI is InChI=1S/C13H18N2O3S/c16-13(15-12-4-2-1-3-5-12)10-14-11-6-8-19(17,18)9-7-11/h1-5,11,14H,6-10H2,(H,15,16). The first-order valence-electron chi connectivity index (χ1n) is 6.34. The molecule has 0 aliphatic carbocycles. The van der Waals surface area contributed by atoms with Crippen LogP contribution in [0.15, 0.2) is 30.3 Å². The Kier molecular flexibility index (Phi) is 4.55. The van der Waals surface area contributed by atoms with Crippen molar-refractivity contribution < 1.29 is 13.2 Å². The highest BCUT2D eigenvalue weighted by Crippen LogP contribution is 2.12. The van der Waals surface area contributed by atoms with Gasteiger partial charge in [0.05, 0.1) is 18.1 Å². The fourth-order valence-corrected chi connectivity index (χ4v) is 3.55. The Hall–Kier alpha value is -1.40. The molecule has 1 saturated heterocycles. The maximum absolute atomic E-state index is 11.7. The van der Waals surface area contributed by atoms with Crippen LogP contribution in [-0.4, -0.2) is 38.4 Å². The summed E-state index contributed by atoms with van der Waals surface area (Å²) in [6.07, 6.45) is 1.17. The molecule has 104 valence electrons. The first-order chi connectivity index (χ1) is 9.05. The maximum Gasteiger partial charge on any atom is 0.238 e. The van der Waals surface area contributed by atoms with Crippen molar-refractivity contribution in [3.8, 4) is 0 Å². The van der Waals surface area contributed by atoms with Crippen molar-refractivity contribution in [1.82, 2.24) is 5.32 Å². The maximum atomic E-state index is 11.7. The molecule has 1 aromatic rings. The lowest BCUT2D eigenvalue weighted by Gasteiger charge is -2.22. The summed E-state index contributed by atoms with van der Waals surface area (Å²) in [7, 11) is -2.84. The van der Waals surface area contributed by atoms with Crippen molar-refractivity contribution in [3.63, 3.8) is 0 Å². The van der Waals surface area contributed by atoms with E-state index in [-0.39, 0.29) is 30.0 Å². The number of benzene rings is 1. The monoisotopic (exact) mass is 282 g/mol. The van der Waals surface area contributed by atoms with E-state index in [0.717, 1.165) is 5.69 Å². The lowest BCUT2D eigenvalue weighted by atomic mass is 10.1. The summed E-state index contributed by atoms with van der Waals surface area (Å²) in [5.74, 6) is 0.315. The topological polar surface area (TPSA) is 75.3 Å². The van der Waals surface area contributed by atoms with E-state index in [2.05, 4.69) is 10.6 Å². The van der Waals surface area contributed by atoms with Crippen LogP contribution >= 0.6 is 0 Å². The Morgan fingerprint density at radius 1 is 1.16 bits per heavy atom. The molecule has 0 aromatic heterocycles. The average Bonchev–Trinajstić information content (AvgIpc) is 2.39. The van der Waals surface area contributed by atoms with Crippen LogP contribution in [0.1, 0.15) is 12.8 Å². The lowest BCUT2D eigenvalue weighted by molar-refractivity contribution is -0.115. The Bertz CT molecular complexity index is 514. The number of para-hydroxylation sites is 1. The van der Waals surface area contributed by atoms with Gasteiger partial charge in [-0.05, 0) is 25.0 Å². The van der Waals surface area contributed by atoms with E-state index in [0.29, 0.717) is 12.8 Å². The smallest absolute Gasteiger partial charge is 0.238 e. The van der Waals surface area contributed by atoms with E-state index in [4.69, 9.17) is 0 Å². The third-order valence-corrected chi connectivity index (χ3v) is 4.88. The largest absolute Gasteiger partial charge is 0.325 e. The van der Waals surface area contributed by atoms with Gasteiger partial charge in [0.25, 0.3) is 0 Å². The zero-order valence-electron chi connectivity index (χ0n) is 10.6. The van der Waals surface area contributed by atoms with Gasteiger partial charge in [-0.3, -0.25) is 4.79 Å². The van der Waals surface area contributed by atoms with Crippen molar-refractivity contribution in [1.29, 1.82) is 0 Å². The van der Waals surface area contributed by atoms with Crippen molar-refractivity contribution >= 4 is 21.4 Å². The number of amides is 1. The summed E-state index contributed by atoms with van der Waals surface area (Å²) in [6, 6.07) is 9.36. The van der Waals surface area contributed by atoms with Gasteiger partial charge in [0, 0.05) is 11.7 Å². The van der Waals surface area contributed by atoms with Gasteiger partial charge >= 0.3 is 0 Å². The second kappa shape index (κ2) is 6.16. The molecule has 2 N–H and O–H groups in total. The van der Waals surface area contributed by atoms with Gasteiger partial charge < -0.3 is 10.6 Å². The molecule has 0 spiro atoms. The first kappa shape index (κ1) is 14.0. The molecule has 1 aliphatic heterocycles. The van der Waals surface area contributed by atoms with Crippen molar-refractivity contribution in [2.24, 2.45) is 0 Å². The average molecular weight is 282 g/mol. The highest BCUT2D eigenvalue weighted by Gasteiger charge is 2.23. The molecule has 6 heteroatoms. The highest BCUT2D eigenvalue weighted by molar-refractivity contribution is 7.91. The lowest BCUT2D eigenvalue weighted by Crippen LogP contribution is -2.41. The molecule has 2 rings (SSSR count). The summed E-state index contributed by atoms with van der Waals surface area (Å²) in [5, 5.41) is 5.88. The molecule has 1 amide bonds. The molecule has 0 saturated carbocycles. The van der Waals surface area contributed by atoms with E-state index in [1.165, 1.54) is 0 Å². The van der Waals surface area contributed by atoms with Crippen LogP contribution in [0.4, 0.5) is 5.69 Å². The van der Waals surface area contributed by atoms with E-state index >= 15 is 0 Å². The molecule has 0 unspecified atom stereocenters. The minimum absolute atomic E-state index is 0.111. The normalized spacial score (nSPS) is 18.9. The summed E-state index contributed by atoms with van der Waals surface area (Å²) in [4.78, 5) is 11.7. The van der Waals surface area contributed by atoms with Gasteiger partial charge in [-0.2, -0.15) is 0 Å². The van der Waals surface area contributed by atoms with Gasteiger partial charge in [0.15, 0.2) is 0 Å². The van der Waals surface area contributed by atoms with Gasteiger partial charge in [0.2, 0.25) is 5.91 Å². The van der Waals surface area contributed by atoms with Gasteiger partial charge in [-0.25, -0.2) is 8.42 Å². The molecule has 0 radical (unpaired) electrons. The number of anilines is 1. The molecule has 5 nitrogen and oxygen atoms in total. The van der Waals surface area contributed by atoms with E-state index < -0.39 is 9.84 Å². The number of nitrogens with one attached hydrogen (secondary N) is 2. The Labute approximate surface area is 113 Å². The number of sulfone groups is 1. The van der Waals surface area contributed by atoms with Gasteiger partial charge in [-0.1, -0.05) is 18.2 Å². The number of carbonyl (C=O) groups is 1. The summed E-state index contributed by atoms with van der Waals surface area (Å²) in [6.45, 7) is 0.208. The molecular weight excluding hydrogens is 264 g/mol. The number of hydrogen-bond donors (Lipinski definition) is 2. The van der Waals surface area contributed by atoms with E-state index in [1.54, 1.807) is 0 Å². The zero-order valence-corrected chi connectivity index (χ0v) is 11.4. The SMILES string of the molecule is O=C(CNC1CCS(=O)(=O)CC1)Nc1ccccc1. The minimum Gasteiger partial charge on any atom is -0.325 e. The van der Waals surface area contributed by atoms with Gasteiger partial charge in [0.1, 0.15) is 9.84 Å². The Morgan fingerprint density at radius 3 is 2.42 bits per heavy atom. The summed E-state index contributed by atoms with van der Waals surface area (Å²) < 4.78 is 22.5. The molecule has 1 heterocycles.